The molecule has 1 aromatic heterocycles. The Morgan fingerprint density at radius 1 is 1.08 bits per heavy atom. The molecular weight excluding hydrogens is 196 g/mol. The van der Waals surface area contributed by atoms with E-state index in [-0.39, 0.29) is 0 Å². The van der Waals surface area contributed by atoms with Gasteiger partial charge in [-0.2, -0.15) is 0 Å². The largest absolute Gasteiger partial charge is 0.148 e. The molecule has 13 heavy (non-hydrogen) atoms. The zero-order valence-corrected chi connectivity index (χ0v) is 8.99. The molecule has 66 valence electrons. The average molecular weight is 206 g/mol. The second-order valence-electron chi connectivity index (χ2n) is 2.81. The Morgan fingerprint density at radius 2 is 1.85 bits per heavy atom. The van der Waals surface area contributed by atoms with Crippen molar-refractivity contribution in [1.29, 1.82) is 0 Å². The molecule has 1 heterocycles. The van der Waals surface area contributed by atoms with Gasteiger partial charge in [0.15, 0.2) is 0 Å². The molecule has 0 aliphatic heterocycles. The first-order valence-corrected chi connectivity index (χ1v) is 5.82. The Balaban J connectivity index is 2.15. The van der Waals surface area contributed by atoms with E-state index in [0.717, 1.165) is 0 Å². The Labute approximate surface area is 86.6 Å². The van der Waals surface area contributed by atoms with Gasteiger partial charge in [-0.05, 0) is 25.1 Å². The summed E-state index contributed by atoms with van der Waals surface area (Å²) in [6, 6.07) is 12.7. The van der Waals surface area contributed by atoms with Gasteiger partial charge in [0.1, 0.15) is 0 Å². The monoisotopic (exact) mass is 206 g/mol. The lowest BCUT2D eigenvalue weighted by Crippen LogP contribution is -1.67. The Morgan fingerprint density at radius 3 is 2.46 bits per heavy atom. The fourth-order valence-corrected chi connectivity index (χ4v) is 2.88. The second kappa shape index (κ2) is 3.99. The van der Waals surface area contributed by atoms with Crippen LogP contribution in [0, 0.1) is 6.92 Å². The maximum Gasteiger partial charge on any atom is 0.0232 e. The maximum absolute atomic E-state index is 2.22. The van der Waals surface area contributed by atoms with Crippen molar-refractivity contribution in [3.8, 4) is 0 Å². The average Bonchev–Trinajstić information content (AvgIpc) is 2.53. The minimum absolute atomic E-state index is 1.31. The van der Waals surface area contributed by atoms with Gasteiger partial charge in [-0.1, -0.05) is 30.0 Å². The maximum atomic E-state index is 2.22. The summed E-state index contributed by atoms with van der Waals surface area (Å²) in [7, 11) is 0. The van der Waals surface area contributed by atoms with E-state index in [1.54, 1.807) is 11.3 Å². The molecule has 0 nitrogen and oxygen atoms in total. The highest BCUT2D eigenvalue weighted by molar-refractivity contribution is 7.99. The van der Waals surface area contributed by atoms with Crippen LogP contribution in [0.15, 0.2) is 51.6 Å². The van der Waals surface area contributed by atoms with Crippen LogP contribution in [-0.4, -0.2) is 0 Å². The van der Waals surface area contributed by atoms with E-state index >= 15 is 0 Å². The zero-order chi connectivity index (χ0) is 9.10. The van der Waals surface area contributed by atoms with Crippen LogP contribution in [0.3, 0.4) is 0 Å². The molecule has 0 bridgehead atoms. The smallest absolute Gasteiger partial charge is 0.0232 e. The third kappa shape index (κ3) is 2.36. The molecule has 0 unspecified atom stereocenters. The first kappa shape index (κ1) is 8.85. The number of hydrogen-bond acceptors (Lipinski definition) is 2. The van der Waals surface area contributed by atoms with Gasteiger partial charge in [-0.3, -0.25) is 0 Å². The predicted octanol–water partition coefficient (Wildman–Crippen LogP) is 4.21. The summed E-state index contributed by atoms with van der Waals surface area (Å²) in [4.78, 5) is 4.02. The van der Waals surface area contributed by atoms with Gasteiger partial charge in [0.25, 0.3) is 0 Å². The quantitative estimate of drug-likeness (QED) is 0.709. The van der Waals surface area contributed by atoms with Crippen LogP contribution in [-0.2, 0) is 0 Å². The van der Waals surface area contributed by atoms with Crippen LogP contribution in [0.2, 0.25) is 0 Å². The van der Waals surface area contributed by atoms with E-state index in [2.05, 4.69) is 42.6 Å². The van der Waals surface area contributed by atoms with Gasteiger partial charge >= 0.3 is 0 Å². The van der Waals surface area contributed by atoms with Gasteiger partial charge in [0, 0.05) is 20.0 Å². The first-order valence-electron chi connectivity index (χ1n) is 4.12. The van der Waals surface area contributed by atoms with Crippen LogP contribution in [0.4, 0.5) is 0 Å². The highest BCUT2D eigenvalue weighted by Crippen LogP contribution is 2.30. The fourth-order valence-electron chi connectivity index (χ4n) is 1.10. The van der Waals surface area contributed by atoms with Crippen molar-refractivity contribution >= 4 is 23.1 Å². The number of thiophene rings is 1. The Kier molecular flexibility index (Phi) is 2.71. The molecule has 0 aliphatic carbocycles. The van der Waals surface area contributed by atoms with Crippen LogP contribution < -0.4 is 0 Å². The standard InChI is InChI=1S/C11H10S2/c1-9-7-11(8-12-9)13-10-5-3-2-4-6-10/h2-8H,1H3. The number of hydrogen-bond donors (Lipinski definition) is 0. The molecule has 0 aliphatic rings. The van der Waals surface area contributed by atoms with E-state index < -0.39 is 0 Å². The summed E-state index contributed by atoms with van der Waals surface area (Å²) in [5.41, 5.74) is 0. The minimum atomic E-state index is 1.31. The fraction of sp³-hybridized carbons (Fsp3) is 0.0909. The summed E-state index contributed by atoms with van der Waals surface area (Å²) < 4.78 is 0. The molecule has 0 fully saturated rings. The van der Waals surface area contributed by atoms with Crippen molar-refractivity contribution in [3.63, 3.8) is 0 Å². The zero-order valence-electron chi connectivity index (χ0n) is 7.36. The van der Waals surface area contributed by atoms with Crippen molar-refractivity contribution in [2.75, 3.05) is 0 Å². The highest BCUT2D eigenvalue weighted by atomic mass is 32.2. The van der Waals surface area contributed by atoms with Gasteiger partial charge < -0.3 is 0 Å². The Hall–Kier alpha value is -0.730. The summed E-state index contributed by atoms with van der Waals surface area (Å²) in [6.07, 6.45) is 0. The molecular formula is C11H10S2. The van der Waals surface area contributed by atoms with E-state index in [0.29, 0.717) is 0 Å². The van der Waals surface area contributed by atoms with Crippen molar-refractivity contribution in [3.05, 3.63) is 46.7 Å². The number of rotatable bonds is 2. The molecule has 0 amide bonds. The molecule has 0 radical (unpaired) electrons. The van der Waals surface area contributed by atoms with Crippen LogP contribution in [0.1, 0.15) is 4.88 Å². The minimum Gasteiger partial charge on any atom is -0.148 e. The molecule has 0 spiro atoms. The molecule has 1 aromatic carbocycles. The predicted molar refractivity (Wildman–Crippen MR) is 59.6 cm³/mol. The number of benzene rings is 1. The van der Waals surface area contributed by atoms with Gasteiger partial charge in [-0.25, -0.2) is 0 Å². The third-order valence-corrected chi connectivity index (χ3v) is 3.68. The van der Waals surface area contributed by atoms with Gasteiger partial charge in [0.05, 0.1) is 0 Å². The molecule has 2 heteroatoms. The lowest BCUT2D eigenvalue weighted by atomic mass is 10.4. The number of aryl methyl sites for hydroxylation is 1. The van der Waals surface area contributed by atoms with Crippen molar-refractivity contribution in [1.82, 2.24) is 0 Å². The molecule has 0 atom stereocenters. The SMILES string of the molecule is Cc1cc(Sc2ccccc2)cs1. The van der Waals surface area contributed by atoms with Crippen molar-refractivity contribution in [2.45, 2.75) is 16.7 Å². The van der Waals surface area contributed by atoms with E-state index in [9.17, 15) is 0 Å². The highest BCUT2D eigenvalue weighted by Gasteiger charge is 1.97. The third-order valence-electron chi connectivity index (χ3n) is 1.69. The molecule has 2 aromatic rings. The Bertz CT molecular complexity index is 376. The van der Waals surface area contributed by atoms with Crippen molar-refractivity contribution in [2.24, 2.45) is 0 Å². The van der Waals surface area contributed by atoms with Crippen molar-refractivity contribution < 1.29 is 0 Å². The first-order chi connectivity index (χ1) is 6.34. The summed E-state index contributed by atoms with van der Waals surface area (Å²) in [5, 5.41) is 2.20. The normalized spacial score (nSPS) is 10.2. The van der Waals surface area contributed by atoms with E-state index in [4.69, 9.17) is 0 Å². The van der Waals surface area contributed by atoms with Gasteiger partial charge in [-0.15, -0.1) is 11.3 Å². The van der Waals surface area contributed by atoms with E-state index in [1.807, 2.05) is 17.8 Å². The van der Waals surface area contributed by atoms with Crippen LogP contribution >= 0.6 is 23.1 Å². The molecule has 2 rings (SSSR count). The molecule has 0 saturated carbocycles. The summed E-state index contributed by atoms with van der Waals surface area (Å²) >= 11 is 3.62. The van der Waals surface area contributed by atoms with Gasteiger partial charge in [0.2, 0.25) is 0 Å². The topological polar surface area (TPSA) is 0 Å². The van der Waals surface area contributed by atoms with Crippen LogP contribution in [0.5, 0.6) is 0 Å². The lowest BCUT2D eigenvalue weighted by Gasteiger charge is -1.96. The lowest BCUT2D eigenvalue weighted by molar-refractivity contribution is 1.43. The second-order valence-corrected chi connectivity index (χ2v) is 5.07. The molecule has 0 N–H and O–H groups in total. The summed E-state index contributed by atoms with van der Waals surface area (Å²) in [5.74, 6) is 0. The summed E-state index contributed by atoms with van der Waals surface area (Å²) in [6.45, 7) is 2.14. The van der Waals surface area contributed by atoms with Crippen LogP contribution in [0.25, 0.3) is 0 Å². The van der Waals surface area contributed by atoms with E-state index in [1.165, 1.54) is 14.7 Å². The molecule has 0 saturated heterocycles.